The van der Waals surface area contributed by atoms with Crippen molar-refractivity contribution < 1.29 is 0 Å². The Bertz CT molecular complexity index is 2000. The van der Waals surface area contributed by atoms with Crippen LogP contribution in [0.4, 0.5) is 0 Å². The Balaban J connectivity index is 1.27. The van der Waals surface area contributed by atoms with Crippen LogP contribution in [0.1, 0.15) is 0 Å². The van der Waals surface area contributed by atoms with Gasteiger partial charge in [-0.2, -0.15) is 0 Å². The highest BCUT2D eigenvalue weighted by molar-refractivity contribution is 7.99. The lowest BCUT2D eigenvalue weighted by Crippen LogP contribution is -2.00. The van der Waals surface area contributed by atoms with Crippen molar-refractivity contribution in [1.29, 1.82) is 0 Å². The number of nitrogens with zero attached hydrogens (tertiary/aromatic N) is 1. The molecule has 178 valence electrons. The molecular formula is C36H23NS. The first-order valence-electron chi connectivity index (χ1n) is 12.9. The van der Waals surface area contributed by atoms with E-state index in [9.17, 15) is 0 Å². The molecule has 1 aromatic heterocycles. The molecule has 7 aromatic rings. The summed E-state index contributed by atoms with van der Waals surface area (Å²) in [5.74, 6) is 0. The van der Waals surface area contributed by atoms with Gasteiger partial charge in [0.15, 0.2) is 0 Å². The molecule has 2 heteroatoms. The van der Waals surface area contributed by atoms with Crippen LogP contribution < -0.4 is 0 Å². The Morgan fingerprint density at radius 2 is 0.974 bits per heavy atom. The molecule has 0 N–H and O–H groups in total. The number of hydrogen-bond acceptors (Lipinski definition) is 1. The summed E-state index contributed by atoms with van der Waals surface area (Å²) in [6.07, 6.45) is 0. The summed E-state index contributed by atoms with van der Waals surface area (Å²) >= 11 is 1.87. The SMILES string of the molecule is c1ccc(-c2cccc(-c3cccc(-c4ccc5c(c4)c4cccc6c4n5-c4ccccc4S6)c3)c2)cc1. The van der Waals surface area contributed by atoms with E-state index in [2.05, 4.69) is 144 Å². The fourth-order valence-electron chi connectivity index (χ4n) is 5.78. The summed E-state index contributed by atoms with van der Waals surface area (Å²) in [7, 11) is 0. The maximum Gasteiger partial charge on any atom is 0.0681 e. The van der Waals surface area contributed by atoms with E-state index in [1.54, 1.807) is 0 Å². The van der Waals surface area contributed by atoms with Crippen LogP contribution in [-0.2, 0) is 0 Å². The molecule has 0 bridgehead atoms. The second-order valence-electron chi connectivity index (χ2n) is 9.82. The highest BCUT2D eigenvalue weighted by Crippen LogP contribution is 2.47. The molecule has 8 rings (SSSR count). The zero-order chi connectivity index (χ0) is 25.1. The number of rotatable bonds is 3. The minimum absolute atomic E-state index is 1.23. The first-order valence-corrected chi connectivity index (χ1v) is 13.8. The summed E-state index contributed by atoms with van der Waals surface area (Å²) in [6.45, 7) is 0. The fraction of sp³-hybridized carbons (Fsp3) is 0. The van der Waals surface area contributed by atoms with Gasteiger partial charge in [-0.1, -0.05) is 109 Å². The minimum Gasteiger partial charge on any atom is -0.307 e. The largest absolute Gasteiger partial charge is 0.307 e. The van der Waals surface area contributed by atoms with Crippen LogP contribution in [0, 0.1) is 0 Å². The average molecular weight is 502 g/mol. The predicted molar refractivity (Wildman–Crippen MR) is 161 cm³/mol. The van der Waals surface area contributed by atoms with Gasteiger partial charge in [-0.3, -0.25) is 0 Å². The van der Waals surface area contributed by atoms with Crippen molar-refractivity contribution in [3.05, 3.63) is 140 Å². The summed E-state index contributed by atoms with van der Waals surface area (Å²) in [5.41, 5.74) is 11.3. The number of hydrogen-bond donors (Lipinski definition) is 0. The molecule has 0 saturated heterocycles. The monoisotopic (exact) mass is 501 g/mol. The van der Waals surface area contributed by atoms with E-state index >= 15 is 0 Å². The zero-order valence-corrected chi connectivity index (χ0v) is 21.5. The van der Waals surface area contributed by atoms with Crippen molar-refractivity contribution in [2.24, 2.45) is 0 Å². The van der Waals surface area contributed by atoms with E-state index in [0.29, 0.717) is 0 Å². The minimum atomic E-state index is 1.23. The lowest BCUT2D eigenvalue weighted by Gasteiger charge is -2.19. The third kappa shape index (κ3) is 3.34. The van der Waals surface area contributed by atoms with E-state index in [-0.39, 0.29) is 0 Å². The second-order valence-corrected chi connectivity index (χ2v) is 10.9. The predicted octanol–water partition coefficient (Wildman–Crippen LogP) is 10.2. The van der Waals surface area contributed by atoms with Crippen LogP contribution in [-0.4, -0.2) is 4.57 Å². The molecule has 0 radical (unpaired) electrons. The number of benzene rings is 6. The van der Waals surface area contributed by atoms with Gasteiger partial charge in [-0.15, -0.1) is 0 Å². The Labute approximate surface area is 226 Å². The van der Waals surface area contributed by atoms with Gasteiger partial charge in [0.2, 0.25) is 0 Å². The van der Waals surface area contributed by atoms with Crippen LogP contribution in [0.15, 0.2) is 149 Å². The van der Waals surface area contributed by atoms with Crippen molar-refractivity contribution in [3.63, 3.8) is 0 Å². The normalized spacial score (nSPS) is 12.1. The molecule has 2 heterocycles. The van der Waals surface area contributed by atoms with Crippen molar-refractivity contribution in [2.45, 2.75) is 9.79 Å². The van der Waals surface area contributed by atoms with Gasteiger partial charge in [0, 0.05) is 20.6 Å². The molecule has 0 spiro atoms. The van der Waals surface area contributed by atoms with Crippen LogP contribution in [0.5, 0.6) is 0 Å². The third-order valence-electron chi connectivity index (χ3n) is 7.58. The molecule has 1 aliphatic rings. The molecular weight excluding hydrogens is 478 g/mol. The summed E-state index contributed by atoms with van der Waals surface area (Å²) in [5, 5.41) is 2.61. The first-order chi connectivity index (χ1) is 18.8. The number of fused-ring (bicyclic) bond motifs is 5. The summed E-state index contributed by atoms with van der Waals surface area (Å²) in [6, 6.07) is 50.7. The van der Waals surface area contributed by atoms with E-state index in [1.807, 2.05) is 11.8 Å². The Hall–Kier alpha value is -4.53. The van der Waals surface area contributed by atoms with Crippen molar-refractivity contribution >= 4 is 33.6 Å². The second kappa shape index (κ2) is 8.51. The van der Waals surface area contributed by atoms with Gasteiger partial charge >= 0.3 is 0 Å². The van der Waals surface area contributed by atoms with Crippen LogP contribution in [0.25, 0.3) is 60.9 Å². The van der Waals surface area contributed by atoms with Gasteiger partial charge in [0.05, 0.1) is 16.7 Å². The van der Waals surface area contributed by atoms with Gasteiger partial charge < -0.3 is 4.57 Å². The quantitative estimate of drug-likeness (QED) is 0.233. The van der Waals surface area contributed by atoms with E-state index < -0.39 is 0 Å². The van der Waals surface area contributed by atoms with Gasteiger partial charge in [0.1, 0.15) is 0 Å². The lowest BCUT2D eigenvalue weighted by molar-refractivity contribution is 1.09. The van der Waals surface area contributed by atoms with Crippen LogP contribution in [0.2, 0.25) is 0 Å². The van der Waals surface area contributed by atoms with Crippen molar-refractivity contribution in [3.8, 4) is 39.1 Å². The topological polar surface area (TPSA) is 4.93 Å². The molecule has 0 unspecified atom stereocenters. The number of para-hydroxylation sites is 2. The van der Waals surface area contributed by atoms with Crippen molar-refractivity contribution in [1.82, 2.24) is 4.57 Å². The van der Waals surface area contributed by atoms with Gasteiger partial charge in [-0.25, -0.2) is 0 Å². The molecule has 1 nitrogen and oxygen atoms in total. The Kier molecular flexibility index (Phi) is 4.83. The maximum atomic E-state index is 2.45. The molecule has 0 aliphatic carbocycles. The molecule has 38 heavy (non-hydrogen) atoms. The average Bonchev–Trinajstić information content (AvgIpc) is 3.33. The molecule has 6 aromatic carbocycles. The van der Waals surface area contributed by atoms with E-state index in [0.717, 1.165) is 0 Å². The van der Waals surface area contributed by atoms with Crippen LogP contribution >= 0.6 is 11.8 Å². The van der Waals surface area contributed by atoms with Crippen LogP contribution in [0.3, 0.4) is 0 Å². The molecule has 1 aliphatic heterocycles. The fourth-order valence-corrected chi connectivity index (χ4v) is 6.88. The summed E-state index contributed by atoms with van der Waals surface area (Å²) in [4.78, 5) is 2.62. The van der Waals surface area contributed by atoms with Gasteiger partial charge in [0.25, 0.3) is 0 Å². The molecule has 0 amide bonds. The first kappa shape index (κ1) is 21.5. The standard InChI is InChI=1S/C36H23NS/c1-2-9-24(10-3-1)25-11-6-12-26(21-25)27-13-7-14-28(22-27)29-19-20-32-31(23-29)30-15-8-18-35-36(30)37(32)33-16-4-5-17-34(33)38-35/h1-23H. The maximum absolute atomic E-state index is 2.45. The summed E-state index contributed by atoms with van der Waals surface area (Å²) < 4.78 is 2.45. The van der Waals surface area contributed by atoms with Gasteiger partial charge in [-0.05, 0) is 75.8 Å². The molecule has 0 saturated carbocycles. The zero-order valence-electron chi connectivity index (χ0n) is 20.6. The van der Waals surface area contributed by atoms with Crippen molar-refractivity contribution in [2.75, 3.05) is 0 Å². The third-order valence-corrected chi connectivity index (χ3v) is 8.69. The Morgan fingerprint density at radius 3 is 1.74 bits per heavy atom. The highest BCUT2D eigenvalue weighted by Gasteiger charge is 2.22. The molecule has 0 atom stereocenters. The Morgan fingerprint density at radius 1 is 0.395 bits per heavy atom. The highest BCUT2D eigenvalue weighted by atomic mass is 32.2. The van der Waals surface area contributed by atoms with E-state index in [4.69, 9.17) is 0 Å². The number of aromatic nitrogens is 1. The smallest absolute Gasteiger partial charge is 0.0681 e. The lowest BCUT2D eigenvalue weighted by atomic mass is 9.96. The van der Waals surface area contributed by atoms with E-state index in [1.165, 1.54) is 70.7 Å². The molecule has 0 fully saturated rings.